The van der Waals surface area contributed by atoms with E-state index in [-0.39, 0.29) is 0 Å². The van der Waals surface area contributed by atoms with E-state index in [0.717, 1.165) is 6.08 Å². The lowest BCUT2D eigenvalue weighted by atomic mass is 9.82. The number of carbonyl (C=O) groups is 1. The predicted octanol–water partition coefficient (Wildman–Crippen LogP) is 6.90. The number of carboxylic acids is 1. The highest BCUT2D eigenvalue weighted by atomic mass is 19.4. The Hall–Kier alpha value is -2.48. The Morgan fingerprint density at radius 2 is 0.773 bits per heavy atom. The molecule has 4 nitrogen and oxygen atoms in total. The average Bonchev–Trinajstić information content (AvgIpc) is 2.80. The smallest absolute Gasteiger partial charge is 0.438 e. The molecule has 44 heavy (non-hydrogen) atoms. The van der Waals surface area contributed by atoms with Gasteiger partial charge in [-0.1, -0.05) is 6.58 Å². The molecule has 0 aromatic rings. The van der Waals surface area contributed by atoms with Crippen LogP contribution in [0, 0.1) is 0 Å². The lowest BCUT2D eigenvalue weighted by molar-refractivity contribution is -0.481. The van der Waals surface area contributed by atoms with Crippen molar-refractivity contribution in [2.24, 2.45) is 0 Å². The fourth-order valence-corrected chi connectivity index (χ4v) is 2.44. The van der Waals surface area contributed by atoms with Crippen LogP contribution in [0.2, 0.25) is 0 Å². The maximum atomic E-state index is 13.6. The molecule has 0 radical (unpaired) electrons. The van der Waals surface area contributed by atoms with Crippen LogP contribution in [0.5, 0.6) is 0 Å². The average molecular weight is 716 g/mol. The predicted molar refractivity (Wildman–Crippen MR) is 91.1 cm³/mol. The second kappa shape index (κ2) is 12.0. The van der Waals surface area contributed by atoms with Crippen LogP contribution in [0.1, 0.15) is 6.42 Å². The van der Waals surface area contributed by atoms with E-state index in [9.17, 15) is 106 Å². The van der Waals surface area contributed by atoms with Crippen LogP contribution in [0.4, 0.5) is 101 Å². The summed E-state index contributed by atoms with van der Waals surface area (Å²) < 4.78 is 303. The third-order valence-electron chi connectivity index (χ3n) is 4.92. The number of aliphatic hydroxyl groups is 2. The van der Waals surface area contributed by atoms with Crippen molar-refractivity contribution in [2.75, 3.05) is 6.61 Å². The Balaban J connectivity index is 0. The van der Waals surface area contributed by atoms with Crippen LogP contribution in [0.25, 0.3) is 0 Å². The van der Waals surface area contributed by atoms with Crippen LogP contribution in [-0.2, 0) is 4.79 Å². The second-order valence-corrected chi connectivity index (χ2v) is 7.96. The monoisotopic (exact) mass is 716 g/mol. The van der Waals surface area contributed by atoms with Gasteiger partial charge in [-0.25, -0.2) is 9.18 Å². The van der Waals surface area contributed by atoms with Crippen LogP contribution in [0.3, 0.4) is 0 Å². The maximum Gasteiger partial charge on any atom is 0.438 e. The quantitative estimate of drug-likeness (QED) is 0.152. The summed E-state index contributed by atoms with van der Waals surface area (Å²) in [5.74, 6) is -72.2. The second-order valence-electron chi connectivity index (χ2n) is 7.96. The lowest BCUT2D eigenvalue weighted by Gasteiger charge is -2.46. The Morgan fingerprint density at radius 1 is 0.545 bits per heavy atom. The normalized spacial score (nSPS) is 16.2. The highest BCUT2D eigenvalue weighted by Gasteiger charge is 3.00. The van der Waals surface area contributed by atoms with E-state index in [1.165, 1.54) is 0 Å². The van der Waals surface area contributed by atoms with Gasteiger partial charge in [0.1, 0.15) is 0 Å². The zero-order valence-corrected chi connectivity index (χ0v) is 19.7. The molecule has 0 rings (SSSR count). The van der Waals surface area contributed by atoms with Gasteiger partial charge in [0.2, 0.25) is 0 Å². The summed E-state index contributed by atoms with van der Waals surface area (Å²) in [5.41, 5.74) is -9.05. The van der Waals surface area contributed by atoms with E-state index in [4.69, 9.17) is 15.3 Å². The van der Waals surface area contributed by atoms with E-state index in [1.54, 1.807) is 0 Å². The Labute approximate surface area is 225 Å². The summed E-state index contributed by atoms with van der Waals surface area (Å²) in [4.78, 5) is 9.25. The Kier molecular flexibility index (Phi) is 11.9. The summed E-state index contributed by atoms with van der Waals surface area (Å²) in [6.45, 7) is 0.856. The van der Waals surface area contributed by atoms with Crippen LogP contribution < -0.4 is 0 Å². The SMILES string of the molecule is C=CC(=O)O.OCC(O)CC(F)(F)C(F)(F)C(F)(F)C(F)(F)C(F)(F)C(F)(F)C(F)(F)C(F)(F)C(F)(C(F)(F)F)C(F)(F)F. The zero-order chi connectivity index (χ0) is 36.8. The Morgan fingerprint density at radius 3 is 0.977 bits per heavy atom. The van der Waals surface area contributed by atoms with Gasteiger partial charge >= 0.3 is 71.4 Å². The molecule has 0 aliphatic heterocycles. The third-order valence-corrected chi connectivity index (χ3v) is 4.92. The van der Waals surface area contributed by atoms with Crippen molar-refractivity contribution in [2.45, 2.75) is 77.9 Å². The number of carboxylic acid groups (broad SMARTS) is 1. The van der Waals surface area contributed by atoms with E-state index in [0.29, 0.717) is 0 Å². The molecule has 0 fully saturated rings. The summed E-state index contributed by atoms with van der Waals surface area (Å²) in [6.07, 6.45) is -22.9. The minimum absolute atomic E-state index is 0.833. The van der Waals surface area contributed by atoms with Gasteiger partial charge in [-0.05, 0) is 0 Å². The van der Waals surface area contributed by atoms with Crippen molar-refractivity contribution >= 4 is 5.97 Å². The molecule has 27 heteroatoms. The number of hydrogen-bond donors (Lipinski definition) is 3. The van der Waals surface area contributed by atoms with Gasteiger partial charge in [-0.3, -0.25) is 0 Å². The maximum absolute atomic E-state index is 13.6. The summed E-state index contributed by atoms with van der Waals surface area (Å²) in [5, 5.41) is 24.3. The van der Waals surface area contributed by atoms with Crippen molar-refractivity contribution in [3.05, 3.63) is 12.7 Å². The molecule has 0 aliphatic rings. The molecule has 264 valence electrons. The highest BCUT2D eigenvalue weighted by Crippen LogP contribution is 2.67. The number of aliphatic hydroxyl groups excluding tert-OH is 2. The van der Waals surface area contributed by atoms with Gasteiger partial charge in [0.05, 0.1) is 12.7 Å². The molecule has 0 aliphatic carbocycles. The van der Waals surface area contributed by atoms with Crippen molar-refractivity contribution in [1.82, 2.24) is 0 Å². The highest BCUT2D eigenvalue weighted by molar-refractivity contribution is 5.78. The van der Waals surface area contributed by atoms with Gasteiger partial charge in [-0.15, -0.1) is 0 Å². The molecule has 1 atom stereocenters. The van der Waals surface area contributed by atoms with Crippen molar-refractivity contribution < 1.29 is 121 Å². The first-order chi connectivity index (χ1) is 18.7. The third kappa shape index (κ3) is 6.29. The molecule has 0 saturated carbocycles. The molecule has 0 heterocycles. The molecule has 1 unspecified atom stereocenters. The fraction of sp³-hybridized carbons (Fsp3) is 0.824. The van der Waals surface area contributed by atoms with Crippen molar-refractivity contribution in [3.63, 3.8) is 0 Å². The number of aliphatic carboxylic acids is 1. The molecule has 0 saturated heterocycles. The lowest BCUT2D eigenvalue weighted by Crippen LogP contribution is -2.79. The first-order valence-corrected chi connectivity index (χ1v) is 9.72. The molecular formula is C17H11F23O4. The molecule has 3 N–H and O–H groups in total. The Bertz CT molecular complexity index is 997. The van der Waals surface area contributed by atoms with Crippen LogP contribution in [0.15, 0.2) is 12.7 Å². The summed E-state index contributed by atoms with van der Waals surface area (Å²) in [6, 6.07) is 0. The zero-order valence-electron chi connectivity index (χ0n) is 19.7. The topological polar surface area (TPSA) is 77.8 Å². The van der Waals surface area contributed by atoms with E-state index in [2.05, 4.69) is 6.58 Å². The minimum Gasteiger partial charge on any atom is -0.478 e. The molecule has 0 spiro atoms. The molecule has 0 bridgehead atoms. The van der Waals surface area contributed by atoms with Crippen molar-refractivity contribution in [3.8, 4) is 0 Å². The van der Waals surface area contributed by atoms with Gasteiger partial charge < -0.3 is 15.3 Å². The molecular weight excluding hydrogens is 705 g/mol. The van der Waals surface area contributed by atoms with Gasteiger partial charge in [0.25, 0.3) is 0 Å². The van der Waals surface area contributed by atoms with E-state index >= 15 is 0 Å². The number of halogens is 23. The first-order valence-electron chi connectivity index (χ1n) is 9.72. The van der Waals surface area contributed by atoms with Crippen molar-refractivity contribution in [1.29, 1.82) is 0 Å². The molecule has 0 amide bonds. The van der Waals surface area contributed by atoms with E-state index in [1.807, 2.05) is 0 Å². The number of alkyl halides is 23. The molecule has 0 aromatic heterocycles. The number of rotatable bonds is 12. The van der Waals surface area contributed by atoms with Crippen LogP contribution >= 0.6 is 0 Å². The number of hydrogen-bond acceptors (Lipinski definition) is 3. The molecule has 0 aromatic carbocycles. The first kappa shape index (κ1) is 43.6. The summed E-state index contributed by atoms with van der Waals surface area (Å²) >= 11 is 0. The van der Waals surface area contributed by atoms with Gasteiger partial charge in [0.15, 0.2) is 0 Å². The fourth-order valence-electron chi connectivity index (χ4n) is 2.44. The van der Waals surface area contributed by atoms with Gasteiger partial charge in [0, 0.05) is 12.5 Å². The van der Waals surface area contributed by atoms with E-state index < -0.39 is 90.5 Å². The largest absolute Gasteiger partial charge is 0.478 e. The standard InChI is InChI=1S/C14H7F23O2.C3H4O2/c15-4(16,1-3(39)2-38)6(18,19)8(22,23)10(26,27)12(30,31)11(28,29)9(24,25)7(20,21)5(17,13(32,33)34)14(35,36)37;1-2-3(4)5/h3,38-39H,1-2H2;2H,1H2,(H,4,5). The summed E-state index contributed by atoms with van der Waals surface area (Å²) in [7, 11) is 0. The van der Waals surface area contributed by atoms with Crippen LogP contribution in [-0.4, -0.2) is 99.4 Å². The van der Waals surface area contributed by atoms with Gasteiger partial charge in [-0.2, -0.15) is 96.6 Å². The minimum atomic E-state index is -9.51.